The molecule has 152 valence electrons. The molecule has 0 spiro atoms. The number of fused-ring (bicyclic) bond motifs is 1. The monoisotopic (exact) mass is 423 g/mol. The van der Waals surface area contributed by atoms with Gasteiger partial charge in [0.2, 0.25) is 5.91 Å². The highest BCUT2D eigenvalue weighted by Gasteiger charge is 2.31. The molecule has 1 fully saturated rings. The maximum absolute atomic E-state index is 12.9. The molecule has 1 amide bonds. The Kier molecular flexibility index (Phi) is 5.26. The number of piperazine rings is 1. The average Bonchev–Trinajstić information content (AvgIpc) is 3.14. The quantitative estimate of drug-likeness (QED) is 0.594. The lowest BCUT2D eigenvalue weighted by Crippen LogP contribution is -2.49. The second-order valence-corrected chi connectivity index (χ2v) is 7.29. The van der Waals surface area contributed by atoms with E-state index in [0.29, 0.717) is 31.8 Å². The van der Waals surface area contributed by atoms with Gasteiger partial charge in [-0.25, -0.2) is 4.98 Å². The van der Waals surface area contributed by atoms with Crippen LogP contribution in [0.15, 0.2) is 42.1 Å². The van der Waals surface area contributed by atoms with Crippen LogP contribution >= 0.6 is 11.8 Å². The summed E-state index contributed by atoms with van der Waals surface area (Å²) in [7, 11) is 0. The van der Waals surface area contributed by atoms with Crippen LogP contribution in [0.2, 0.25) is 0 Å². The van der Waals surface area contributed by atoms with Crippen molar-refractivity contribution in [3.63, 3.8) is 0 Å². The maximum Gasteiger partial charge on any atom is 0.417 e. The molecule has 3 aromatic rings. The highest BCUT2D eigenvalue weighted by molar-refractivity contribution is 7.99. The molecule has 0 bridgehead atoms. The van der Waals surface area contributed by atoms with Crippen molar-refractivity contribution in [2.24, 2.45) is 0 Å². The first kappa shape index (κ1) is 19.4. The summed E-state index contributed by atoms with van der Waals surface area (Å²) < 4.78 is 40.0. The molecule has 0 radical (unpaired) electrons. The van der Waals surface area contributed by atoms with E-state index >= 15 is 0 Å². The zero-order chi connectivity index (χ0) is 20.4. The molecule has 3 aromatic heterocycles. The van der Waals surface area contributed by atoms with E-state index in [-0.39, 0.29) is 16.8 Å². The van der Waals surface area contributed by atoms with Gasteiger partial charge in [-0.05, 0) is 12.1 Å². The van der Waals surface area contributed by atoms with Crippen molar-refractivity contribution in [3.8, 4) is 0 Å². The molecule has 0 atom stereocenters. The molecule has 1 aliphatic heterocycles. The van der Waals surface area contributed by atoms with Gasteiger partial charge in [-0.1, -0.05) is 11.8 Å². The van der Waals surface area contributed by atoms with E-state index in [1.807, 2.05) is 0 Å². The molecular formula is C17H16F3N7OS. The van der Waals surface area contributed by atoms with Crippen LogP contribution < -0.4 is 4.90 Å². The predicted molar refractivity (Wildman–Crippen MR) is 99.5 cm³/mol. The summed E-state index contributed by atoms with van der Waals surface area (Å²) in [5, 5.41) is 8.01. The SMILES string of the molecule is O=C(CSc1nnc2ccc(C(F)(F)F)cn12)N1CCN(c2cnccn2)CC1. The van der Waals surface area contributed by atoms with Gasteiger partial charge in [-0.2, -0.15) is 13.2 Å². The standard InChI is InChI=1S/C17H16F3N7OS/c18-17(19,20)12-1-2-13-23-24-16(27(13)10-12)29-11-15(28)26-7-5-25(6-8-26)14-9-21-3-4-22-14/h1-4,9-10H,5-8,11H2. The number of carbonyl (C=O) groups excluding carboxylic acids is 1. The number of amides is 1. The van der Waals surface area contributed by atoms with Crippen LogP contribution in [0.4, 0.5) is 19.0 Å². The summed E-state index contributed by atoms with van der Waals surface area (Å²) in [5.41, 5.74) is -0.497. The van der Waals surface area contributed by atoms with Crippen molar-refractivity contribution in [1.29, 1.82) is 0 Å². The van der Waals surface area contributed by atoms with Crippen LogP contribution in [-0.2, 0) is 11.0 Å². The fraction of sp³-hybridized carbons (Fsp3) is 0.353. The molecular weight excluding hydrogens is 407 g/mol. The second kappa shape index (κ2) is 7.85. The van der Waals surface area contributed by atoms with Crippen LogP contribution in [0.5, 0.6) is 0 Å². The second-order valence-electron chi connectivity index (χ2n) is 6.35. The Morgan fingerprint density at radius 1 is 1.10 bits per heavy atom. The van der Waals surface area contributed by atoms with Gasteiger partial charge in [0.25, 0.3) is 0 Å². The first-order chi connectivity index (χ1) is 13.9. The summed E-state index contributed by atoms with van der Waals surface area (Å²) in [6, 6.07) is 2.22. The molecule has 0 N–H and O–H groups in total. The number of anilines is 1. The first-order valence-corrected chi connectivity index (χ1v) is 9.74. The van der Waals surface area contributed by atoms with E-state index < -0.39 is 11.7 Å². The third kappa shape index (κ3) is 4.26. The summed E-state index contributed by atoms with van der Waals surface area (Å²) in [4.78, 5) is 24.6. The van der Waals surface area contributed by atoms with Crippen LogP contribution in [0.1, 0.15) is 5.56 Å². The largest absolute Gasteiger partial charge is 0.417 e. The van der Waals surface area contributed by atoms with Gasteiger partial charge in [0.05, 0.1) is 17.5 Å². The van der Waals surface area contributed by atoms with Gasteiger partial charge in [-0.3, -0.25) is 14.2 Å². The number of alkyl halides is 3. The number of aromatic nitrogens is 5. The van der Waals surface area contributed by atoms with Gasteiger partial charge in [0.1, 0.15) is 5.82 Å². The molecule has 0 saturated carbocycles. The van der Waals surface area contributed by atoms with Gasteiger partial charge in [0, 0.05) is 44.8 Å². The molecule has 1 saturated heterocycles. The predicted octanol–water partition coefficient (Wildman–Crippen LogP) is 1.98. The molecule has 29 heavy (non-hydrogen) atoms. The smallest absolute Gasteiger partial charge is 0.352 e. The van der Waals surface area contributed by atoms with Crippen molar-refractivity contribution in [1.82, 2.24) is 29.5 Å². The lowest BCUT2D eigenvalue weighted by atomic mass is 10.3. The lowest BCUT2D eigenvalue weighted by Gasteiger charge is -2.35. The van der Waals surface area contributed by atoms with Crippen LogP contribution in [0, 0.1) is 0 Å². The van der Waals surface area contributed by atoms with E-state index in [4.69, 9.17) is 0 Å². The molecule has 8 nitrogen and oxygen atoms in total. The highest BCUT2D eigenvalue weighted by Crippen LogP contribution is 2.30. The number of halogens is 3. The van der Waals surface area contributed by atoms with Crippen molar-refractivity contribution < 1.29 is 18.0 Å². The van der Waals surface area contributed by atoms with Gasteiger partial charge >= 0.3 is 6.18 Å². The molecule has 1 aliphatic rings. The lowest BCUT2D eigenvalue weighted by molar-refractivity contribution is -0.138. The Balaban J connectivity index is 1.37. The summed E-state index contributed by atoms with van der Waals surface area (Å²) in [5.74, 6) is 0.740. The minimum Gasteiger partial charge on any atom is -0.352 e. The van der Waals surface area contributed by atoms with E-state index in [2.05, 4.69) is 25.1 Å². The summed E-state index contributed by atoms with van der Waals surface area (Å²) >= 11 is 1.07. The summed E-state index contributed by atoms with van der Waals surface area (Å²) in [6.45, 7) is 2.35. The number of carbonyl (C=O) groups is 1. The number of rotatable bonds is 4. The maximum atomic E-state index is 12.9. The fourth-order valence-electron chi connectivity index (χ4n) is 2.99. The molecule has 0 unspecified atom stereocenters. The molecule has 4 rings (SSSR count). The fourth-order valence-corrected chi connectivity index (χ4v) is 3.81. The van der Waals surface area contributed by atoms with Crippen LogP contribution in [-0.4, -0.2) is 67.3 Å². The highest BCUT2D eigenvalue weighted by atomic mass is 32.2. The molecule has 0 aliphatic carbocycles. The van der Waals surface area contributed by atoms with Crippen molar-refractivity contribution in [2.45, 2.75) is 11.3 Å². The average molecular weight is 423 g/mol. The van der Waals surface area contributed by atoms with E-state index in [0.717, 1.165) is 29.8 Å². The zero-order valence-corrected chi connectivity index (χ0v) is 15.9. The Morgan fingerprint density at radius 2 is 1.90 bits per heavy atom. The molecule has 4 heterocycles. The minimum absolute atomic E-state index is 0.0716. The third-order valence-corrected chi connectivity index (χ3v) is 5.46. The third-order valence-electron chi connectivity index (χ3n) is 4.53. The van der Waals surface area contributed by atoms with Crippen molar-refractivity contribution in [2.75, 3.05) is 36.8 Å². The van der Waals surface area contributed by atoms with Gasteiger partial charge in [0.15, 0.2) is 10.8 Å². The zero-order valence-electron chi connectivity index (χ0n) is 15.1. The number of hydrogen-bond donors (Lipinski definition) is 0. The number of hydrogen-bond acceptors (Lipinski definition) is 7. The van der Waals surface area contributed by atoms with E-state index in [1.54, 1.807) is 23.5 Å². The minimum atomic E-state index is -4.46. The Hall–Kier alpha value is -2.89. The van der Waals surface area contributed by atoms with E-state index in [9.17, 15) is 18.0 Å². The first-order valence-electron chi connectivity index (χ1n) is 8.75. The normalized spacial score (nSPS) is 15.1. The molecule has 0 aromatic carbocycles. The van der Waals surface area contributed by atoms with Gasteiger partial charge < -0.3 is 9.80 Å². The number of pyridine rings is 1. The Bertz CT molecular complexity index is 1000. The van der Waals surface area contributed by atoms with Crippen LogP contribution in [0.3, 0.4) is 0 Å². The van der Waals surface area contributed by atoms with Crippen molar-refractivity contribution in [3.05, 3.63) is 42.5 Å². The van der Waals surface area contributed by atoms with E-state index in [1.165, 1.54) is 10.5 Å². The van der Waals surface area contributed by atoms with Crippen LogP contribution in [0.25, 0.3) is 5.65 Å². The number of nitrogens with zero attached hydrogens (tertiary/aromatic N) is 7. The topological polar surface area (TPSA) is 79.5 Å². The molecule has 12 heteroatoms. The Labute approximate surface area is 167 Å². The van der Waals surface area contributed by atoms with Crippen molar-refractivity contribution >= 4 is 29.1 Å². The van der Waals surface area contributed by atoms with Gasteiger partial charge in [-0.15, -0.1) is 10.2 Å². The summed E-state index contributed by atoms with van der Waals surface area (Å²) in [6.07, 6.45) is 1.39. The Morgan fingerprint density at radius 3 is 2.59 bits per heavy atom. The number of thioether (sulfide) groups is 1.